The largest absolute Gasteiger partial charge is 0.494 e. The first-order valence-electron chi connectivity index (χ1n) is 8.10. The summed E-state index contributed by atoms with van der Waals surface area (Å²) in [6, 6.07) is 8.28. The molecule has 3 unspecified atom stereocenters. The first kappa shape index (κ1) is 14.7. The van der Waals surface area contributed by atoms with Crippen LogP contribution in [0.4, 0.5) is 0 Å². The Balaban J connectivity index is 1.40. The second-order valence-electron chi connectivity index (χ2n) is 6.18. The van der Waals surface area contributed by atoms with E-state index in [4.69, 9.17) is 15.2 Å². The number of likely N-dealkylation sites (tertiary alicyclic amines) is 1. The van der Waals surface area contributed by atoms with E-state index in [9.17, 15) is 0 Å². The van der Waals surface area contributed by atoms with Crippen molar-refractivity contribution in [2.75, 3.05) is 32.8 Å². The summed E-state index contributed by atoms with van der Waals surface area (Å²) in [6.07, 6.45) is 2.52. The van der Waals surface area contributed by atoms with Crippen molar-refractivity contribution < 1.29 is 9.47 Å². The van der Waals surface area contributed by atoms with Crippen molar-refractivity contribution >= 4 is 0 Å². The highest BCUT2D eigenvalue weighted by molar-refractivity contribution is 5.31. The standard InChI is InChI=1S/C17H26N2O2/c1-2-20-14-4-6-15(7-5-14)21-10-9-19-11-13-3-8-17(18)16(13)12-19/h4-7,13,16-17H,2-3,8-12,18H2,1H3. The minimum absolute atomic E-state index is 0.423. The molecule has 1 aliphatic carbocycles. The van der Waals surface area contributed by atoms with Crippen molar-refractivity contribution in [3.63, 3.8) is 0 Å². The van der Waals surface area contributed by atoms with Gasteiger partial charge in [0.15, 0.2) is 0 Å². The Hall–Kier alpha value is -1.26. The first-order chi connectivity index (χ1) is 10.3. The Morgan fingerprint density at radius 2 is 1.81 bits per heavy atom. The number of rotatable bonds is 6. The van der Waals surface area contributed by atoms with Gasteiger partial charge in [0.05, 0.1) is 6.61 Å². The van der Waals surface area contributed by atoms with Crippen LogP contribution in [0.15, 0.2) is 24.3 Å². The van der Waals surface area contributed by atoms with Gasteiger partial charge in [-0.3, -0.25) is 4.90 Å². The van der Waals surface area contributed by atoms with Gasteiger partial charge in [0.2, 0.25) is 0 Å². The molecule has 116 valence electrons. The van der Waals surface area contributed by atoms with Gasteiger partial charge in [-0.1, -0.05) is 0 Å². The quantitative estimate of drug-likeness (QED) is 0.872. The summed E-state index contributed by atoms with van der Waals surface area (Å²) in [5.74, 6) is 3.35. The third-order valence-corrected chi connectivity index (χ3v) is 4.80. The van der Waals surface area contributed by atoms with Crippen LogP contribution in [0.1, 0.15) is 19.8 Å². The number of hydrogen-bond donors (Lipinski definition) is 1. The maximum absolute atomic E-state index is 6.17. The molecule has 21 heavy (non-hydrogen) atoms. The summed E-state index contributed by atoms with van der Waals surface area (Å²) in [6.45, 7) is 6.76. The molecule has 2 N–H and O–H groups in total. The molecule has 1 saturated carbocycles. The summed E-state index contributed by atoms with van der Waals surface area (Å²) < 4.78 is 11.2. The fraction of sp³-hybridized carbons (Fsp3) is 0.647. The normalized spacial score (nSPS) is 28.6. The molecule has 1 heterocycles. The summed E-state index contributed by atoms with van der Waals surface area (Å²) in [5, 5.41) is 0. The number of nitrogens with zero attached hydrogens (tertiary/aromatic N) is 1. The van der Waals surface area contributed by atoms with Gasteiger partial charge >= 0.3 is 0 Å². The zero-order valence-electron chi connectivity index (χ0n) is 12.8. The van der Waals surface area contributed by atoms with E-state index in [0.29, 0.717) is 12.6 Å². The van der Waals surface area contributed by atoms with E-state index < -0.39 is 0 Å². The lowest BCUT2D eigenvalue weighted by Crippen LogP contribution is -2.32. The molecule has 4 heteroatoms. The SMILES string of the molecule is CCOc1ccc(OCCN2CC3CCC(N)C3C2)cc1. The van der Waals surface area contributed by atoms with Crippen LogP contribution >= 0.6 is 0 Å². The summed E-state index contributed by atoms with van der Waals surface area (Å²) in [7, 11) is 0. The number of benzene rings is 1. The minimum atomic E-state index is 0.423. The third-order valence-electron chi connectivity index (χ3n) is 4.80. The maximum atomic E-state index is 6.17. The second kappa shape index (κ2) is 6.67. The molecule has 0 bridgehead atoms. The molecule has 1 aromatic carbocycles. The topological polar surface area (TPSA) is 47.7 Å². The number of nitrogens with two attached hydrogens (primary N) is 1. The molecule has 0 amide bonds. The Kier molecular flexibility index (Phi) is 4.66. The minimum Gasteiger partial charge on any atom is -0.494 e. The van der Waals surface area contributed by atoms with Gasteiger partial charge in [-0.2, -0.15) is 0 Å². The second-order valence-corrected chi connectivity index (χ2v) is 6.18. The highest BCUT2D eigenvalue weighted by Gasteiger charge is 2.40. The fourth-order valence-electron chi connectivity index (χ4n) is 3.67. The van der Waals surface area contributed by atoms with Crippen LogP contribution in [0.5, 0.6) is 11.5 Å². The molecule has 4 nitrogen and oxygen atoms in total. The van der Waals surface area contributed by atoms with Gasteiger partial charge in [0.25, 0.3) is 0 Å². The maximum Gasteiger partial charge on any atom is 0.119 e. The van der Waals surface area contributed by atoms with Crippen LogP contribution < -0.4 is 15.2 Å². The van der Waals surface area contributed by atoms with Gasteiger partial charge in [-0.25, -0.2) is 0 Å². The van der Waals surface area contributed by atoms with Crippen LogP contribution in [0.25, 0.3) is 0 Å². The highest BCUT2D eigenvalue weighted by atomic mass is 16.5. The molecule has 1 aliphatic heterocycles. The lowest BCUT2D eigenvalue weighted by molar-refractivity contribution is 0.225. The third kappa shape index (κ3) is 3.50. The van der Waals surface area contributed by atoms with Crippen molar-refractivity contribution in [2.24, 2.45) is 17.6 Å². The number of fused-ring (bicyclic) bond motifs is 1. The lowest BCUT2D eigenvalue weighted by Gasteiger charge is -2.18. The van der Waals surface area contributed by atoms with Crippen molar-refractivity contribution in [1.82, 2.24) is 4.90 Å². The van der Waals surface area contributed by atoms with E-state index in [0.717, 1.165) is 43.0 Å². The van der Waals surface area contributed by atoms with E-state index in [1.54, 1.807) is 0 Å². The average Bonchev–Trinajstić information content (AvgIpc) is 3.04. The number of ether oxygens (including phenoxy) is 2. The van der Waals surface area contributed by atoms with Crippen molar-refractivity contribution in [2.45, 2.75) is 25.8 Å². The van der Waals surface area contributed by atoms with Crippen LogP contribution in [0.2, 0.25) is 0 Å². The van der Waals surface area contributed by atoms with Crippen LogP contribution in [-0.4, -0.2) is 43.8 Å². The van der Waals surface area contributed by atoms with Crippen molar-refractivity contribution in [1.29, 1.82) is 0 Å². The predicted octanol–water partition coefficient (Wildman–Crippen LogP) is 2.13. The Labute approximate surface area is 127 Å². The highest BCUT2D eigenvalue weighted by Crippen LogP contribution is 2.36. The van der Waals surface area contributed by atoms with Crippen LogP contribution in [0, 0.1) is 11.8 Å². The van der Waals surface area contributed by atoms with Gasteiger partial charge in [-0.05, 0) is 55.9 Å². The van der Waals surface area contributed by atoms with Crippen LogP contribution in [-0.2, 0) is 0 Å². The zero-order valence-corrected chi connectivity index (χ0v) is 12.8. The fourth-order valence-corrected chi connectivity index (χ4v) is 3.67. The molecule has 3 rings (SSSR count). The van der Waals surface area contributed by atoms with E-state index >= 15 is 0 Å². The monoisotopic (exact) mass is 290 g/mol. The molecular weight excluding hydrogens is 264 g/mol. The van der Waals surface area contributed by atoms with E-state index in [-0.39, 0.29) is 0 Å². The summed E-state index contributed by atoms with van der Waals surface area (Å²) in [4.78, 5) is 2.50. The van der Waals surface area contributed by atoms with Gasteiger partial charge < -0.3 is 15.2 Å². The molecule has 3 atom stereocenters. The van der Waals surface area contributed by atoms with Crippen LogP contribution in [0.3, 0.4) is 0 Å². The van der Waals surface area contributed by atoms with Gasteiger partial charge in [-0.15, -0.1) is 0 Å². The van der Waals surface area contributed by atoms with Gasteiger partial charge in [0, 0.05) is 25.7 Å². The molecule has 0 radical (unpaired) electrons. The smallest absolute Gasteiger partial charge is 0.119 e. The number of hydrogen-bond acceptors (Lipinski definition) is 4. The van der Waals surface area contributed by atoms with Crippen molar-refractivity contribution in [3.8, 4) is 11.5 Å². The Bertz CT molecular complexity index is 449. The zero-order chi connectivity index (χ0) is 14.7. The molecule has 1 saturated heterocycles. The lowest BCUT2D eigenvalue weighted by atomic mass is 9.98. The van der Waals surface area contributed by atoms with E-state index in [1.165, 1.54) is 19.4 Å². The molecule has 2 fully saturated rings. The predicted molar refractivity (Wildman–Crippen MR) is 83.7 cm³/mol. The average molecular weight is 290 g/mol. The van der Waals surface area contributed by atoms with E-state index in [1.807, 2.05) is 31.2 Å². The van der Waals surface area contributed by atoms with Gasteiger partial charge in [0.1, 0.15) is 18.1 Å². The molecule has 0 aromatic heterocycles. The molecule has 0 spiro atoms. The molecular formula is C17H26N2O2. The molecule has 1 aromatic rings. The van der Waals surface area contributed by atoms with E-state index in [2.05, 4.69) is 4.90 Å². The summed E-state index contributed by atoms with van der Waals surface area (Å²) >= 11 is 0. The summed E-state index contributed by atoms with van der Waals surface area (Å²) in [5.41, 5.74) is 6.17. The first-order valence-corrected chi connectivity index (χ1v) is 8.10. The van der Waals surface area contributed by atoms with Crippen molar-refractivity contribution in [3.05, 3.63) is 24.3 Å². The Morgan fingerprint density at radius 3 is 2.48 bits per heavy atom. The Morgan fingerprint density at radius 1 is 1.10 bits per heavy atom. The molecule has 2 aliphatic rings.